The van der Waals surface area contributed by atoms with Crippen LogP contribution in [0.15, 0.2) is 17.4 Å². The van der Waals surface area contributed by atoms with Gasteiger partial charge in [0.05, 0.1) is 11.4 Å². The molecule has 126 valence electrons. The van der Waals surface area contributed by atoms with Gasteiger partial charge in [-0.15, -0.1) is 0 Å². The number of allylic oxidation sites excluding steroid dienone is 3. The summed E-state index contributed by atoms with van der Waals surface area (Å²) in [4.78, 5) is 21.0. The number of aromatic nitrogens is 3. The van der Waals surface area contributed by atoms with Crippen LogP contribution in [0, 0.1) is 19.8 Å². The van der Waals surface area contributed by atoms with Crippen LogP contribution < -0.4 is 11.5 Å². The summed E-state index contributed by atoms with van der Waals surface area (Å²) in [5.41, 5.74) is 15.8. The topological polar surface area (TPSA) is 120 Å². The van der Waals surface area contributed by atoms with Gasteiger partial charge in [-0.1, -0.05) is 6.92 Å². The van der Waals surface area contributed by atoms with E-state index in [1.165, 1.54) is 0 Å². The first-order chi connectivity index (χ1) is 11.2. The van der Waals surface area contributed by atoms with Crippen molar-refractivity contribution in [1.29, 1.82) is 0 Å². The number of carbonyl (C=O) groups excluding carboxylic acids is 1. The first-order valence-electron chi connectivity index (χ1n) is 7.79. The molecule has 1 amide bonds. The van der Waals surface area contributed by atoms with Crippen LogP contribution in [-0.4, -0.2) is 25.5 Å². The summed E-state index contributed by atoms with van der Waals surface area (Å²) in [7, 11) is 0. The minimum atomic E-state index is -0.643. The van der Waals surface area contributed by atoms with Crippen molar-refractivity contribution in [2.45, 2.75) is 34.1 Å². The summed E-state index contributed by atoms with van der Waals surface area (Å²) in [5, 5.41) is 10.1. The van der Waals surface area contributed by atoms with Crippen LogP contribution in [0.1, 0.15) is 42.0 Å². The molecule has 0 radical (unpaired) electrons. The largest absolute Gasteiger partial charge is 0.508 e. The van der Waals surface area contributed by atoms with Gasteiger partial charge in [0.25, 0.3) is 5.91 Å². The second kappa shape index (κ2) is 5.36. The number of hydrogen-bond acceptors (Lipinski definition) is 5. The van der Waals surface area contributed by atoms with E-state index in [9.17, 15) is 9.90 Å². The Labute approximate surface area is 139 Å². The highest BCUT2D eigenvalue weighted by atomic mass is 16.3. The number of amides is 1. The van der Waals surface area contributed by atoms with Crippen molar-refractivity contribution >= 4 is 28.6 Å². The van der Waals surface area contributed by atoms with Crippen molar-refractivity contribution in [3.8, 4) is 0 Å². The number of anilines is 1. The molecule has 24 heavy (non-hydrogen) atoms. The maximum absolute atomic E-state index is 11.9. The van der Waals surface area contributed by atoms with Crippen LogP contribution in [0.2, 0.25) is 0 Å². The summed E-state index contributed by atoms with van der Waals surface area (Å²) in [5.74, 6) is -0.126. The molecule has 0 bridgehead atoms. The third-order valence-corrected chi connectivity index (χ3v) is 4.62. The lowest BCUT2D eigenvalue weighted by Gasteiger charge is -2.24. The molecule has 0 unspecified atom stereocenters. The van der Waals surface area contributed by atoms with Crippen molar-refractivity contribution in [3.05, 3.63) is 34.4 Å². The molecule has 0 aliphatic heterocycles. The molecule has 2 heterocycles. The normalized spacial score (nSPS) is 18.2. The van der Waals surface area contributed by atoms with E-state index in [4.69, 9.17) is 11.5 Å². The van der Waals surface area contributed by atoms with E-state index in [0.29, 0.717) is 28.9 Å². The number of rotatable bonds is 2. The van der Waals surface area contributed by atoms with Crippen molar-refractivity contribution in [2.75, 3.05) is 5.73 Å². The lowest BCUT2D eigenvalue weighted by Crippen LogP contribution is -2.17. The zero-order valence-corrected chi connectivity index (χ0v) is 14.2. The molecule has 5 N–H and O–H groups in total. The smallest absolute Gasteiger partial charge is 0.254 e. The average molecular weight is 327 g/mol. The van der Waals surface area contributed by atoms with E-state index in [1.54, 1.807) is 10.6 Å². The Morgan fingerprint density at radius 3 is 2.54 bits per heavy atom. The van der Waals surface area contributed by atoms with Gasteiger partial charge in [0.2, 0.25) is 0 Å². The lowest BCUT2D eigenvalue weighted by atomic mass is 9.93. The molecule has 0 spiro atoms. The molecule has 7 nitrogen and oxygen atoms in total. The SMILES string of the molecule is CC1=C(n2c(N)c(C(N)=O)c3nc(C)c(C)nc32)[C@H](C)CC=C1O. The third-order valence-electron chi connectivity index (χ3n) is 4.62. The van der Waals surface area contributed by atoms with E-state index < -0.39 is 5.91 Å². The number of fused-ring (bicyclic) bond motifs is 1. The Morgan fingerprint density at radius 1 is 1.29 bits per heavy atom. The second-order valence-corrected chi connectivity index (χ2v) is 6.26. The van der Waals surface area contributed by atoms with Gasteiger partial charge in [-0.2, -0.15) is 0 Å². The number of aliphatic hydroxyl groups is 1. The molecule has 0 saturated heterocycles. The average Bonchev–Trinajstić information content (AvgIpc) is 2.77. The van der Waals surface area contributed by atoms with Gasteiger partial charge < -0.3 is 16.6 Å². The van der Waals surface area contributed by atoms with E-state index in [-0.39, 0.29) is 23.1 Å². The first-order valence-corrected chi connectivity index (χ1v) is 7.79. The van der Waals surface area contributed by atoms with Crippen molar-refractivity contribution in [1.82, 2.24) is 14.5 Å². The lowest BCUT2D eigenvalue weighted by molar-refractivity contribution is 0.100. The van der Waals surface area contributed by atoms with Gasteiger partial charge in [0, 0.05) is 17.2 Å². The van der Waals surface area contributed by atoms with Gasteiger partial charge in [0.1, 0.15) is 22.7 Å². The molecular formula is C17H21N5O2. The van der Waals surface area contributed by atoms with Crippen molar-refractivity contribution in [2.24, 2.45) is 11.7 Å². The highest BCUT2D eigenvalue weighted by Gasteiger charge is 2.28. The maximum Gasteiger partial charge on any atom is 0.254 e. The number of aliphatic hydroxyl groups excluding tert-OH is 1. The molecule has 0 fully saturated rings. The van der Waals surface area contributed by atoms with Gasteiger partial charge >= 0.3 is 0 Å². The third kappa shape index (κ3) is 2.16. The van der Waals surface area contributed by atoms with E-state index in [1.807, 2.05) is 27.7 Å². The van der Waals surface area contributed by atoms with Crippen LogP contribution in [0.25, 0.3) is 16.9 Å². The molecular weight excluding hydrogens is 306 g/mol. The minimum Gasteiger partial charge on any atom is -0.508 e. The molecule has 3 rings (SSSR count). The Bertz CT molecular complexity index is 936. The van der Waals surface area contributed by atoms with Crippen LogP contribution in [-0.2, 0) is 0 Å². The minimum absolute atomic E-state index is 0.0999. The summed E-state index contributed by atoms with van der Waals surface area (Å²) in [6.07, 6.45) is 2.45. The van der Waals surface area contributed by atoms with Crippen LogP contribution in [0.4, 0.5) is 5.82 Å². The fraction of sp³-hybridized carbons (Fsp3) is 0.353. The van der Waals surface area contributed by atoms with E-state index in [2.05, 4.69) is 9.97 Å². The molecule has 7 heteroatoms. The predicted octanol–water partition coefficient (Wildman–Crippen LogP) is 2.44. The quantitative estimate of drug-likeness (QED) is 0.782. The fourth-order valence-electron chi connectivity index (χ4n) is 3.19. The Kier molecular flexibility index (Phi) is 3.59. The predicted molar refractivity (Wildman–Crippen MR) is 93.3 cm³/mol. The Hall–Kier alpha value is -2.83. The fourth-order valence-corrected chi connectivity index (χ4v) is 3.19. The number of nitrogen functional groups attached to an aromatic ring is 1. The summed E-state index contributed by atoms with van der Waals surface area (Å²) < 4.78 is 1.71. The van der Waals surface area contributed by atoms with E-state index >= 15 is 0 Å². The van der Waals surface area contributed by atoms with Gasteiger partial charge in [0.15, 0.2) is 5.65 Å². The monoisotopic (exact) mass is 327 g/mol. The van der Waals surface area contributed by atoms with Crippen LogP contribution in [0.5, 0.6) is 0 Å². The Balaban J connectivity index is 2.47. The molecule has 2 aromatic heterocycles. The molecule has 1 atom stereocenters. The molecule has 2 aromatic rings. The highest BCUT2D eigenvalue weighted by molar-refractivity contribution is 6.10. The highest BCUT2D eigenvalue weighted by Crippen LogP contribution is 2.38. The van der Waals surface area contributed by atoms with Crippen molar-refractivity contribution in [3.63, 3.8) is 0 Å². The van der Waals surface area contributed by atoms with Crippen LogP contribution in [0.3, 0.4) is 0 Å². The van der Waals surface area contributed by atoms with Gasteiger partial charge in [-0.25, -0.2) is 9.97 Å². The number of primary amides is 1. The standard InChI is InChI=1S/C17H21N5O2/c1-7-5-6-11(23)8(2)14(7)22-15(18)12(16(19)24)13-17(22)21-10(4)9(3)20-13/h6-7,23H,5,18H2,1-4H3,(H2,19,24)/t7-/m1/s1. The second-order valence-electron chi connectivity index (χ2n) is 6.26. The Morgan fingerprint density at radius 2 is 1.92 bits per heavy atom. The number of nitrogens with zero attached hydrogens (tertiary/aromatic N) is 3. The maximum atomic E-state index is 11.9. The number of nitrogens with two attached hydrogens (primary N) is 2. The van der Waals surface area contributed by atoms with Gasteiger partial charge in [-0.3, -0.25) is 9.36 Å². The van der Waals surface area contributed by atoms with E-state index in [0.717, 1.165) is 11.4 Å². The molecule has 0 saturated carbocycles. The van der Waals surface area contributed by atoms with Crippen LogP contribution >= 0.6 is 0 Å². The number of aryl methyl sites for hydroxylation is 2. The zero-order chi connectivity index (χ0) is 17.8. The number of hydrogen-bond donors (Lipinski definition) is 3. The molecule has 1 aliphatic rings. The summed E-state index contributed by atoms with van der Waals surface area (Å²) >= 11 is 0. The summed E-state index contributed by atoms with van der Waals surface area (Å²) in [6.45, 7) is 7.52. The van der Waals surface area contributed by atoms with Gasteiger partial charge in [-0.05, 0) is 33.3 Å². The first kappa shape index (κ1) is 16.0. The summed E-state index contributed by atoms with van der Waals surface area (Å²) in [6, 6.07) is 0. The molecule has 0 aromatic carbocycles. The molecule has 1 aliphatic carbocycles. The van der Waals surface area contributed by atoms with Crippen molar-refractivity contribution < 1.29 is 9.90 Å². The number of carbonyl (C=O) groups is 1. The zero-order valence-electron chi connectivity index (χ0n) is 14.2.